The second-order valence-electron chi connectivity index (χ2n) is 3.33. The lowest BCUT2D eigenvalue weighted by molar-refractivity contribution is -0.116. The summed E-state index contributed by atoms with van der Waals surface area (Å²) in [4.78, 5) is 11.4. The van der Waals surface area contributed by atoms with E-state index in [-0.39, 0.29) is 5.91 Å². The van der Waals surface area contributed by atoms with Gasteiger partial charge in [-0.2, -0.15) is 5.10 Å². The van der Waals surface area contributed by atoms with Gasteiger partial charge in [-0.15, -0.1) is 0 Å². The molecule has 84 valence electrons. The molecule has 0 aromatic carbocycles. The number of hydrogen-bond acceptors (Lipinski definition) is 2. The van der Waals surface area contributed by atoms with Crippen LogP contribution in [0.5, 0.6) is 0 Å². The fourth-order valence-electron chi connectivity index (χ4n) is 1.19. The number of aromatic amines is 1. The molecule has 0 atom stereocenters. The number of alkyl halides is 1. The van der Waals surface area contributed by atoms with Crippen molar-refractivity contribution in [3.63, 3.8) is 0 Å². The Balaban J connectivity index is 2.31. The molecular weight excluding hydrogens is 258 g/mol. The van der Waals surface area contributed by atoms with Crippen LogP contribution in [-0.2, 0) is 11.2 Å². The van der Waals surface area contributed by atoms with Gasteiger partial charge in [0.05, 0.1) is 0 Å². The summed E-state index contributed by atoms with van der Waals surface area (Å²) in [6, 6.07) is 1.86. The van der Waals surface area contributed by atoms with Crippen LogP contribution < -0.4 is 5.32 Å². The topological polar surface area (TPSA) is 57.8 Å². The maximum Gasteiger partial charge on any atom is 0.225 e. The van der Waals surface area contributed by atoms with Crippen LogP contribution in [0.4, 0.5) is 5.82 Å². The molecule has 5 heteroatoms. The predicted octanol–water partition coefficient (Wildman–Crippen LogP) is 2.48. The summed E-state index contributed by atoms with van der Waals surface area (Å²) in [7, 11) is 0. The van der Waals surface area contributed by atoms with Gasteiger partial charge in [0.25, 0.3) is 0 Å². The minimum atomic E-state index is 0.0325. The molecule has 0 saturated carbocycles. The summed E-state index contributed by atoms with van der Waals surface area (Å²) >= 11 is 3.33. The molecule has 0 aliphatic carbocycles. The molecule has 0 fully saturated rings. The first kappa shape index (κ1) is 12.2. The number of halogens is 1. The number of aryl methyl sites for hydroxylation is 1. The number of hydrogen-bond donors (Lipinski definition) is 2. The zero-order chi connectivity index (χ0) is 11.1. The van der Waals surface area contributed by atoms with E-state index in [0.29, 0.717) is 12.2 Å². The van der Waals surface area contributed by atoms with Gasteiger partial charge in [-0.3, -0.25) is 9.89 Å². The van der Waals surface area contributed by atoms with Crippen molar-refractivity contribution >= 4 is 27.7 Å². The Labute approximate surface area is 98.0 Å². The number of carbonyl (C=O) groups excluding carboxylic acids is 1. The number of rotatable bonds is 6. The molecule has 4 nitrogen and oxygen atoms in total. The van der Waals surface area contributed by atoms with Crippen molar-refractivity contribution in [3.05, 3.63) is 11.8 Å². The average molecular weight is 274 g/mol. The van der Waals surface area contributed by atoms with Crippen molar-refractivity contribution in [2.24, 2.45) is 0 Å². The Morgan fingerprint density at radius 1 is 1.60 bits per heavy atom. The van der Waals surface area contributed by atoms with Crippen LogP contribution in [0.15, 0.2) is 6.07 Å². The van der Waals surface area contributed by atoms with Crippen LogP contribution in [0.3, 0.4) is 0 Å². The van der Waals surface area contributed by atoms with Crippen LogP contribution in [0.1, 0.15) is 31.9 Å². The van der Waals surface area contributed by atoms with E-state index in [2.05, 4.69) is 31.4 Å². The van der Waals surface area contributed by atoms with Gasteiger partial charge in [0, 0.05) is 23.5 Å². The zero-order valence-electron chi connectivity index (χ0n) is 8.85. The van der Waals surface area contributed by atoms with Gasteiger partial charge in [-0.1, -0.05) is 22.9 Å². The number of anilines is 1. The van der Waals surface area contributed by atoms with Crippen LogP contribution in [0.2, 0.25) is 0 Å². The molecule has 1 heterocycles. The smallest absolute Gasteiger partial charge is 0.225 e. The quantitative estimate of drug-likeness (QED) is 0.618. The maximum atomic E-state index is 11.4. The number of amides is 1. The molecule has 0 aliphatic rings. The summed E-state index contributed by atoms with van der Waals surface area (Å²) in [5.41, 5.74) is 1.03. The second kappa shape index (κ2) is 6.61. The number of carbonyl (C=O) groups is 1. The molecule has 0 saturated heterocycles. The number of nitrogens with one attached hydrogen (secondary N) is 2. The van der Waals surface area contributed by atoms with Gasteiger partial charge in [0.1, 0.15) is 0 Å². The lowest BCUT2D eigenvalue weighted by Crippen LogP contribution is -2.11. The molecule has 0 unspecified atom stereocenters. The molecule has 0 spiro atoms. The van der Waals surface area contributed by atoms with Gasteiger partial charge in [-0.05, 0) is 19.3 Å². The molecule has 2 N–H and O–H groups in total. The third-order valence-electron chi connectivity index (χ3n) is 2.07. The highest BCUT2D eigenvalue weighted by Gasteiger charge is 2.04. The predicted molar refractivity (Wildman–Crippen MR) is 64.2 cm³/mol. The summed E-state index contributed by atoms with van der Waals surface area (Å²) in [5.74, 6) is 0.654. The molecule has 0 aliphatic heterocycles. The maximum absolute atomic E-state index is 11.4. The van der Waals surface area contributed by atoms with Crippen molar-refractivity contribution in [1.82, 2.24) is 10.2 Å². The highest BCUT2D eigenvalue weighted by Crippen LogP contribution is 2.07. The van der Waals surface area contributed by atoms with Crippen molar-refractivity contribution < 1.29 is 4.79 Å². The summed E-state index contributed by atoms with van der Waals surface area (Å²) in [6.07, 6.45) is 3.38. The van der Waals surface area contributed by atoms with Crippen LogP contribution >= 0.6 is 15.9 Å². The second-order valence-corrected chi connectivity index (χ2v) is 4.12. The van der Waals surface area contributed by atoms with Crippen LogP contribution in [0.25, 0.3) is 0 Å². The number of nitrogens with zero attached hydrogens (tertiary/aromatic N) is 1. The molecule has 1 aromatic rings. The molecule has 1 aromatic heterocycles. The lowest BCUT2D eigenvalue weighted by Gasteiger charge is -1.99. The average Bonchev–Trinajstić information content (AvgIpc) is 2.66. The van der Waals surface area contributed by atoms with E-state index < -0.39 is 0 Å². The Hall–Kier alpha value is -0.840. The Kier molecular flexibility index (Phi) is 5.39. The zero-order valence-corrected chi connectivity index (χ0v) is 10.4. The molecule has 15 heavy (non-hydrogen) atoms. The SMILES string of the molecule is CCc1cc(NC(=O)CCCCBr)n[nH]1. The van der Waals surface area contributed by atoms with E-state index in [1.165, 1.54) is 0 Å². The minimum absolute atomic E-state index is 0.0325. The lowest BCUT2D eigenvalue weighted by atomic mass is 10.2. The summed E-state index contributed by atoms with van der Waals surface area (Å²) < 4.78 is 0. The van der Waals surface area contributed by atoms with Crippen LogP contribution in [-0.4, -0.2) is 21.4 Å². The third-order valence-corrected chi connectivity index (χ3v) is 2.63. The number of H-pyrrole nitrogens is 1. The Morgan fingerprint density at radius 3 is 3.00 bits per heavy atom. The third kappa shape index (κ3) is 4.46. The largest absolute Gasteiger partial charge is 0.309 e. The minimum Gasteiger partial charge on any atom is -0.309 e. The first-order chi connectivity index (χ1) is 7.26. The van der Waals surface area contributed by atoms with Crippen molar-refractivity contribution in [2.45, 2.75) is 32.6 Å². The van der Waals surface area contributed by atoms with Crippen molar-refractivity contribution in [3.8, 4) is 0 Å². The first-order valence-electron chi connectivity index (χ1n) is 5.16. The van der Waals surface area contributed by atoms with Crippen molar-refractivity contribution in [2.75, 3.05) is 10.6 Å². The molecular formula is C10H16BrN3O. The fourth-order valence-corrected chi connectivity index (χ4v) is 1.59. The Bertz CT molecular complexity index is 311. The first-order valence-corrected chi connectivity index (χ1v) is 6.28. The molecule has 0 bridgehead atoms. The fraction of sp³-hybridized carbons (Fsp3) is 0.600. The van der Waals surface area contributed by atoms with E-state index in [0.717, 1.165) is 30.3 Å². The number of unbranched alkanes of at least 4 members (excludes halogenated alkanes) is 1. The van der Waals surface area contributed by atoms with Gasteiger partial charge in [0.2, 0.25) is 5.91 Å². The van der Waals surface area contributed by atoms with Gasteiger partial charge in [0.15, 0.2) is 5.82 Å². The highest BCUT2D eigenvalue weighted by molar-refractivity contribution is 9.09. The van der Waals surface area contributed by atoms with Gasteiger partial charge in [-0.25, -0.2) is 0 Å². The molecule has 1 amide bonds. The Morgan fingerprint density at radius 2 is 2.40 bits per heavy atom. The normalized spacial score (nSPS) is 10.3. The van der Waals surface area contributed by atoms with Crippen molar-refractivity contribution in [1.29, 1.82) is 0 Å². The van der Waals surface area contributed by atoms with E-state index in [1.54, 1.807) is 0 Å². The molecule has 1 rings (SSSR count). The van der Waals surface area contributed by atoms with E-state index in [1.807, 2.05) is 13.0 Å². The van der Waals surface area contributed by atoms with E-state index in [9.17, 15) is 4.79 Å². The number of aromatic nitrogens is 2. The summed E-state index contributed by atoms with van der Waals surface area (Å²) in [5, 5.41) is 10.6. The van der Waals surface area contributed by atoms with E-state index in [4.69, 9.17) is 0 Å². The summed E-state index contributed by atoms with van der Waals surface area (Å²) in [6.45, 7) is 2.04. The standard InChI is InChI=1S/C10H16BrN3O/c1-2-8-7-9(14-13-8)12-10(15)5-3-4-6-11/h7H,2-6H2,1H3,(H2,12,13,14,15). The van der Waals surface area contributed by atoms with E-state index >= 15 is 0 Å². The van der Waals surface area contributed by atoms with Gasteiger partial charge < -0.3 is 5.32 Å². The van der Waals surface area contributed by atoms with Gasteiger partial charge >= 0.3 is 0 Å². The highest BCUT2D eigenvalue weighted by atomic mass is 79.9. The van der Waals surface area contributed by atoms with Crippen LogP contribution in [0, 0.1) is 0 Å². The monoisotopic (exact) mass is 273 g/mol. The molecule has 0 radical (unpaired) electrons.